The normalized spacial score (nSPS) is 11.5. The summed E-state index contributed by atoms with van der Waals surface area (Å²) in [5.41, 5.74) is 2.30. The van der Waals surface area contributed by atoms with Gasteiger partial charge < -0.3 is 4.57 Å². The second-order valence-electron chi connectivity index (χ2n) is 4.01. The van der Waals surface area contributed by atoms with Gasteiger partial charge in [-0.2, -0.15) is 0 Å². The Morgan fingerprint density at radius 3 is 2.64 bits per heavy atom. The van der Waals surface area contributed by atoms with Crippen molar-refractivity contribution in [3.63, 3.8) is 0 Å². The number of hydrogen-bond donors (Lipinski definition) is 0. The molecule has 0 fully saturated rings. The van der Waals surface area contributed by atoms with Crippen LogP contribution < -0.4 is 0 Å². The van der Waals surface area contributed by atoms with Crippen LogP contribution in [0.5, 0.6) is 0 Å². The fraction of sp³-hybridized carbons (Fsp3) is 0.333. The summed E-state index contributed by atoms with van der Waals surface area (Å²) in [4.78, 5) is 0. The number of aromatic nitrogens is 1. The van der Waals surface area contributed by atoms with Gasteiger partial charge in [0, 0.05) is 24.1 Å². The number of aryl methyl sites for hydroxylation is 1. The van der Waals surface area contributed by atoms with Gasteiger partial charge in [-0.1, -0.05) is 13.8 Å². The predicted molar refractivity (Wildman–Crippen MR) is 57.0 cm³/mol. The van der Waals surface area contributed by atoms with Crippen molar-refractivity contribution in [1.82, 2.24) is 4.57 Å². The number of benzene rings is 1. The molecule has 1 heterocycles. The van der Waals surface area contributed by atoms with Gasteiger partial charge in [0.2, 0.25) is 0 Å². The van der Waals surface area contributed by atoms with Crippen molar-refractivity contribution in [1.29, 1.82) is 0 Å². The number of nitrogens with zero attached hydrogens (tertiary/aromatic N) is 1. The number of halogens is 1. The molecular weight excluding hydrogens is 177 g/mol. The lowest BCUT2D eigenvalue weighted by molar-refractivity contribution is 0.629. The molecule has 0 aliphatic heterocycles. The minimum absolute atomic E-state index is 0.161. The molecule has 74 valence electrons. The van der Waals surface area contributed by atoms with Crippen LogP contribution in [-0.2, 0) is 7.05 Å². The van der Waals surface area contributed by atoms with Gasteiger partial charge in [-0.25, -0.2) is 4.39 Å². The average molecular weight is 191 g/mol. The van der Waals surface area contributed by atoms with Gasteiger partial charge in [0.25, 0.3) is 0 Å². The van der Waals surface area contributed by atoms with Gasteiger partial charge in [0.1, 0.15) is 5.82 Å². The van der Waals surface area contributed by atoms with Crippen LogP contribution in [0.15, 0.2) is 24.4 Å². The summed E-state index contributed by atoms with van der Waals surface area (Å²) < 4.78 is 15.1. The molecule has 0 spiro atoms. The Labute approximate surface area is 83.2 Å². The van der Waals surface area contributed by atoms with Gasteiger partial charge >= 0.3 is 0 Å². The summed E-state index contributed by atoms with van der Waals surface area (Å²) >= 11 is 0. The lowest BCUT2D eigenvalue weighted by atomic mass is 10.0. The first-order chi connectivity index (χ1) is 6.59. The fourth-order valence-electron chi connectivity index (χ4n) is 1.85. The molecule has 0 aliphatic rings. The topological polar surface area (TPSA) is 4.93 Å². The highest BCUT2D eigenvalue weighted by atomic mass is 19.1. The Kier molecular flexibility index (Phi) is 2.06. The molecule has 1 aromatic heterocycles. The van der Waals surface area contributed by atoms with Crippen LogP contribution >= 0.6 is 0 Å². The van der Waals surface area contributed by atoms with E-state index in [1.165, 1.54) is 11.6 Å². The quantitative estimate of drug-likeness (QED) is 0.650. The zero-order chi connectivity index (χ0) is 10.3. The van der Waals surface area contributed by atoms with Crippen LogP contribution in [-0.4, -0.2) is 4.57 Å². The van der Waals surface area contributed by atoms with Crippen molar-refractivity contribution in [2.24, 2.45) is 7.05 Å². The maximum atomic E-state index is 13.1. The summed E-state index contributed by atoms with van der Waals surface area (Å²) in [6, 6.07) is 4.95. The molecule has 0 unspecified atom stereocenters. The van der Waals surface area contributed by atoms with E-state index in [0.717, 1.165) is 10.9 Å². The first-order valence-corrected chi connectivity index (χ1v) is 4.84. The van der Waals surface area contributed by atoms with Crippen molar-refractivity contribution >= 4 is 10.9 Å². The van der Waals surface area contributed by atoms with Crippen LogP contribution in [0.25, 0.3) is 10.9 Å². The Morgan fingerprint density at radius 2 is 2.00 bits per heavy atom. The Balaban J connectivity index is 2.79. The molecule has 0 radical (unpaired) electrons. The molecule has 1 nitrogen and oxygen atoms in total. The minimum atomic E-state index is -0.161. The largest absolute Gasteiger partial charge is 0.350 e. The third kappa shape index (κ3) is 1.31. The summed E-state index contributed by atoms with van der Waals surface area (Å²) in [5, 5.41) is 1.03. The molecule has 0 aliphatic carbocycles. The Morgan fingerprint density at radius 1 is 1.29 bits per heavy atom. The summed E-state index contributed by atoms with van der Waals surface area (Å²) in [6.45, 7) is 4.25. The maximum absolute atomic E-state index is 13.1. The third-order valence-corrected chi connectivity index (χ3v) is 2.60. The van der Waals surface area contributed by atoms with Gasteiger partial charge in [0.05, 0.1) is 0 Å². The summed E-state index contributed by atoms with van der Waals surface area (Å²) in [5.74, 6) is 0.270. The average Bonchev–Trinajstić information content (AvgIpc) is 2.43. The van der Waals surface area contributed by atoms with Crippen LogP contribution in [0.3, 0.4) is 0 Å². The highest BCUT2D eigenvalue weighted by molar-refractivity contribution is 5.84. The molecule has 0 saturated carbocycles. The maximum Gasteiger partial charge on any atom is 0.123 e. The van der Waals surface area contributed by atoms with Crippen molar-refractivity contribution in [2.45, 2.75) is 19.8 Å². The van der Waals surface area contributed by atoms with Crippen LogP contribution in [0.4, 0.5) is 4.39 Å². The first kappa shape index (κ1) is 9.25. The third-order valence-electron chi connectivity index (χ3n) is 2.60. The van der Waals surface area contributed by atoms with Gasteiger partial charge in [-0.3, -0.25) is 0 Å². The van der Waals surface area contributed by atoms with Crippen LogP contribution in [0.1, 0.15) is 25.3 Å². The van der Waals surface area contributed by atoms with E-state index in [-0.39, 0.29) is 5.82 Å². The zero-order valence-corrected chi connectivity index (χ0v) is 8.71. The summed E-state index contributed by atoms with van der Waals surface area (Å²) in [6.07, 6.45) is 2.08. The van der Waals surface area contributed by atoms with Crippen LogP contribution in [0, 0.1) is 5.82 Å². The second kappa shape index (κ2) is 3.12. The lowest BCUT2D eigenvalue weighted by Gasteiger charge is -2.01. The molecule has 0 saturated heterocycles. The second-order valence-corrected chi connectivity index (χ2v) is 4.01. The molecule has 0 bridgehead atoms. The van der Waals surface area contributed by atoms with E-state index in [2.05, 4.69) is 20.0 Å². The SMILES string of the molecule is CC(C)c1cn(C)c2ccc(F)cc12. The minimum Gasteiger partial charge on any atom is -0.350 e. The molecule has 2 heteroatoms. The van der Waals surface area contributed by atoms with Crippen LogP contribution in [0.2, 0.25) is 0 Å². The van der Waals surface area contributed by atoms with Gasteiger partial charge in [0.15, 0.2) is 0 Å². The lowest BCUT2D eigenvalue weighted by Crippen LogP contribution is -1.84. The zero-order valence-electron chi connectivity index (χ0n) is 8.71. The smallest absolute Gasteiger partial charge is 0.123 e. The molecule has 0 amide bonds. The van der Waals surface area contributed by atoms with Crippen molar-refractivity contribution in [3.05, 3.63) is 35.8 Å². The monoisotopic (exact) mass is 191 g/mol. The molecule has 14 heavy (non-hydrogen) atoms. The van der Waals surface area contributed by atoms with E-state index >= 15 is 0 Å². The van der Waals surface area contributed by atoms with E-state index in [1.54, 1.807) is 6.07 Å². The van der Waals surface area contributed by atoms with Crippen molar-refractivity contribution in [3.8, 4) is 0 Å². The summed E-state index contributed by atoms with van der Waals surface area (Å²) in [7, 11) is 1.99. The number of rotatable bonds is 1. The first-order valence-electron chi connectivity index (χ1n) is 4.84. The fourth-order valence-corrected chi connectivity index (χ4v) is 1.85. The van der Waals surface area contributed by atoms with Crippen molar-refractivity contribution in [2.75, 3.05) is 0 Å². The standard InChI is InChI=1S/C12H14FN/c1-8(2)11-7-14(3)12-5-4-9(13)6-10(11)12/h4-8H,1-3H3. The van der Waals surface area contributed by atoms with E-state index in [1.807, 2.05) is 17.7 Å². The van der Waals surface area contributed by atoms with E-state index in [9.17, 15) is 4.39 Å². The van der Waals surface area contributed by atoms with E-state index < -0.39 is 0 Å². The molecule has 0 atom stereocenters. The van der Waals surface area contributed by atoms with Crippen molar-refractivity contribution < 1.29 is 4.39 Å². The van der Waals surface area contributed by atoms with E-state index in [0.29, 0.717) is 5.92 Å². The van der Waals surface area contributed by atoms with Gasteiger partial charge in [-0.15, -0.1) is 0 Å². The molecule has 2 aromatic rings. The highest BCUT2D eigenvalue weighted by Gasteiger charge is 2.09. The predicted octanol–water partition coefficient (Wildman–Crippen LogP) is 3.44. The molecule has 1 aromatic carbocycles. The molecular formula is C12H14FN. The number of fused-ring (bicyclic) bond motifs is 1. The Bertz CT molecular complexity index is 468. The molecule has 0 N–H and O–H groups in total. The van der Waals surface area contributed by atoms with E-state index in [4.69, 9.17) is 0 Å². The highest BCUT2D eigenvalue weighted by Crippen LogP contribution is 2.27. The molecule has 2 rings (SSSR count). The van der Waals surface area contributed by atoms with Gasteiger partial charge in [-0.05, 0) is 29.7 Å². The Hall–Kier alpha value is -1.31. The number of hydrogen-bond acceptors (Lipinski definition) is 0.